The van der Waals surface area contributed by atoms with Crippen molar-refractivity contribution in [1.29, 1.82) is 0 Å². The molecule has 0 aliphatic carbocycles. The van der Waals surface area contributed by atoms with Crippen LogP contribution in [0.3, 0.4) is 0 Å². The van der Waals surface area contributed by atoms with Crippen LogP contribution in [0.5, 0.6) is 11.5 Å². The number of likely N-dealkylation sites (tertiary alicyclic amines) is 1. The summed E-state index contributed by atoms with van der Waals surface area (Å²) in [7, 11) is -0.715. The number of furan rings is 1. The van der Waals surface area contributed by atoms with E-state index in [-0.39, 0.29) is 16.7 Å². The van der Waals surface area contributed by atoms with Gasteiger partial charge in [-0.15, -0.1) is 0 Å². The first-order chi connectivity index (χ1) is 14.4. The molecule has 30 heavy (non-hydrogen) atoms. The molecule has 1 N–H and O–H groups in total. The van der Waals surface area contributed by atoms with Gasteiger partial charge in [0.1, 0.15) is 5.76 Å². The van der Waals surface area contributed by atoms with E-state index in [1.807, 2.05) is 0 Å². The van der Waals surface area contributed by atoms with Crippen LogP contribution < -0.4 is 14.2 Å². The van der Waals surface area contributed by atoms with Crippen molar-refractivity contribution in [3.63, 3.8) is 0 Å². The summed E-state index contributed by atoms with van der Waals surface area (Å²) in [5, 5.41) is 0. The number of amides is 1. The van der Waals surface area contributed by atoms with Gasteiger partial charge in [0.25, 0.3) is 0 Å². The highest BCUT2D eigenvalue weighted by atomic mass is 32.2. The van der Waals surface area contributed by atoms with Crippen molar-refractivity contribution in [2.75, 3.05) is 33.9 Å². The number of nitrogens with one attached hydrogen (secondary N) is 1. The second-order valence-electron chi connectivity index (χ2n) is 6.99. The highest BCUT2D eigenvalue weighted by molar-refractivity contribution is 7.89. The van der Waals surface area contributed by atoms with Gasteiger partial charge in [0.05, 0.1) is 25.4 Å². The number of rotatable bonds is 8. The van der Waals surface area contributed by atoms with E-state index in [4.69, 9.17) is 13.9 Å². The highest BCUT2D eigenvalue weighted by Gasteiger charge is 2.24. The van der Waals surface area contributed by atoms with Gasteiger partial charge in [-0.2, -0.15) is 0 Å². The Kier molecular flexibility index (Phi) is 7.17. The van der Waals surface area contributed by atoms with Gasteiger partial charge in [0.15, 0.2) is 11.5 Å². The molecule has 1 fully saturated rings. The zero-order valence-corrected chi connectivity index (χ0v) is 17.9. The van der Waals surface area contributed by atoms with Crippen LogP contribution in [0.2, 0.25) is 0 Å². The van der Waals surface area contributed by atoms with E-state index < -0.39 is 10.0 Å². The molecule has 1 aromatic heterocycles. The van der Waals surface area contributed by atoms with Crippen molar-refractivity contribution in [3.8, 4) is 11.5 Å². The SMILES string of the molecule is COc1ccc(S(=O)(=O)NCC2CCN(C(=O)/C=C/c3ccco3)CC2)cc1OC. The minimum absolute atomic E-state index is 0.0734. The number of hydrogen-bond donors (Lipinski definition) is 1. The third kappa shape index (κ3) is 5.43. The third-order valence-corrected chi connectivity index (χ3v) is 6.51. The van der Waals surface area contributed by atoms with Crippen LogP contribution in [-0.4, -0.2) is 53.1 Å². The molecule has 8 nitrogen and oxygen atoms in total. The summed E-state index contributed by atoms with van der Waals surface area (Å²) < 4.78 is 43.4. The van der Waals surface area contributed by atoms with E-state index in [1.54, 1.807) is 35.4 Å². The molecule has 1 aromatic carbocycles. The zero-order chi connectivity index (χ0) is 21.6. The summed E-state index contributed by atoms with van der Waals surface area (Å²) >= 11 is 0. The lowest BCUT2D eigenvalue weighted by atomic mass is 9.97. The largest absolute Gasteiger partial charge is 0.493 e. The number of ether oxygens (including phenoxy) is 2. The number of methoxy groups -OCH3 is 2. The van der Waals surface area contributed by atoms with Gasteiger partial charge >= 0.3 is 0 Å². The third-order valence-electron chi connectivity index (χ3n) is 5.09. The number of hydrogen-bond acceptors (Lipinski definition) is 6. The maximum absolute atomic E-state index is 12.6. The van der Waals surface area contributed by atoms with Gasteiger partial charge < -0.3 is 18.8 Å². The predicted octanol–water partition coefficient (Wildman–Crippen LogP) is 2.53. The molecule has 0 unspecified atom stereocenters. The molecule has 0 radical (unpaired) electrons. The molecule has 0 saturated carbocycles. The molecule has 0 bridgehead atoms. The molecule has 1 saturated heterocycles. The van der Waals surface area contributed by atoms with E-state index in [0.717, 1.165) is 12.8 Å². The summed E-state index contributed by atoms with van der Waals surface area (Å²) in [6.45, 7) is 1.50. The second kappa shape index (κ2) is 9.82. The first-order valence-corrected chi connectivity index (χ1v) is 11.1. The van der Waals surface area contributed by atoms with Gasteiger partial charge in [0.2, 0.25) is 15.9 Å². The maximum atomic E-state index is 12.6. The van der Waals surface area contributed by atoms with Crippen molar-refractivity contribution in [3.05, 3.63) is 48.4 Å². The fourth-order valence-electron chi connectivity index (χ4n) is 3.30. The van der Waals surface area contributed by atoms with Gasteiger partial charge in [-0.25, -0.2) is 13.1 Å². The average Bonchev–Trinajstić information content (AvgIpc) is 3.29. The second-order valence-corrected chi connectivity index (χ2v) is 8.75. The molecule has 3 rings (SSSR count). The van der Waals surface area contributed by atoms with Crippen LogP contribution in [0.4, 0.5) is 0 Å². The number of benzene rings is 1. The van der Waals surface area contributed by atoms with Crippen LogP contribution in [-0.2, 0) is 14.8 Å². The molecular formula is C21H26N2O6S. The molecule has 162 valence electrons. The monoisotopic (exact) mass is 434 g/mol. The molecule has 1 amide bonds. The quantitative estimate of drug-likeness (QED) is 0.641. The molecular weight excluding hydrogens is 408 g/mol. The van der Waals surface area contributed by atoms with Crippen LogP contribution >= 0.6 is 0 Å². The normalized spacial score (nSPS) is 15.5. The fourth-order valence-corrected chi connectivity index (χ4v) is 4.43. The van der Waals surface area contributed by atoms with E-state index in [9.17, 15) is 13.2 Å². The van der Waals surface area contributed by atoms with Crippen molar-refractivity contribution in [1.82, 2.24) is 9.62 Å². The fraction of sp³-hybridized carbons (Fsp3) is 0.381. The Hall–Kier alpha value is -2.78. The number of piperidine rings is 1. The van der Waals surface area contributed by atoms with Gasteiger partial charge in [-0.1, -0.05) is 0 Å². The van der Waals surface area contributed by atoms with E-state index in [2.05, 4.69) is 4.72 Å². The van der Waals surface area contributed by atoms with Crippen molar-refractivity contribution in [2.45, 2.75) is 17.7 Å². The average molecular weight is 435 g/mol. The molecule has 1 aliphatic rings. The maximum Gasteiger partial charge on any atom is 0.246 e. The Labute approximate surface area is 176 Å². The molecule has 9 heteroatoms. The lowest BCUT2D eigenvalue weighted by Gasteiger charge is -2.31. The lowest BCUT2D eigenvalue weighted by molar-refractivity contribution is -0.127. The van der Waals surface area contributed by atoms with Crippen molar-refractivity contribution < 1.29 is 27.1 Å². The predicted molar refractivity (Wildman–Crippen MR) is 112 cm³/mol. The molecule has 0 atom stereocenters. The van der Waals surface area contributed by atoms with E-state index in [1.165, 1.54) is 32.4 Å². The van der Waals surface area contributed by atoms with Crippen LogP contribution in [0.15, 0.2) is 52.0 Å². The summed E-state index contributed by atoms with van der Waals surface area (Å²) in [5.41, 5.74) is 0. The molecule has 0 spiro atoms. The molecule has 2 heterocycles. The number of nitrogens with zero attached hydrogens (tertiary/aromatic N) is 1. The Balaban J connectivity index is 1.51. The number of carbonyl (C=O) groups is 1. The Morgan fingerprint density at radius 2 is 1.93 bits per heavy atom. The number of sulfonamides is 1. The smallest absolute Gasteiger partial charge is 0.246 e. The van der Waals surface area contributed by atoms with Gasteiger partial charge in [-0.05, 0) is 49.1 Å². The summed E-state index contributed by atoms with van der Waals surface area (Å²) in [6, 6.07) is 8.02. The van der Waals surface area contributed by atoms with Crippen molar-refractivity contribution >= 4 is 22.0 Å². The van der Waals surface area contributed by atoms with Crippen molar-refractivity contribution in [2.24, 2.45) is 5.92 Å². The lowest BCUT2D eigenvalue weighted by Crippen LogP contribution is -2.40. The first-order valence-electron chi connectivity index (χ1n) is 9.65. The summed E-state index contributed by atoms with van der Waals surface area (Å²) in [6.07, 6.45) is 6.16. The minimum atomic E-state index is -3.67. The first kappa shape index (κ1) is 21.9. The standard InChI is InChI=1S/C21H26N2O6S/c1-27-19-7-6-18(14-20(19)28-2)30(25,26)22-15-16-9-11-23(12-10-16)21(24)8-5-17-4-3-13-29-17/h3-8,13-14,16,22H,9-12,15H2,1-2H3/b8-5+. The van der Waals surface area contributed by atoms with Crippen LogP contribution in [0.25, 0.3) is 6.08 Å². The molecule has 1 aliphatic heterocycles. The van der Waals surface area contributed by atoms with E-state index >= 15 is 0 Å². The van der Waals surface area contributed by atoms with E-state index in [0.29, 0.717) is 36.9 Å². The topological polar surface area (TPSA) is 98.1 Å². The Morgan fingerprint density at radius 1 is 1.20 bits per heavy atom. The molecule has 2 aromatic rings. The van der Waals surface area contributed by atoms with Crippen LogP contribution in [0, 0.1) is 5.92 Å². The summed E-state index contributed by atoms with van der Waals surface area (Å²) in [4.78, 5) is 14.2. The summed E-state index contributed by atoms with van der Waals surface area (Å²) in [5.74, 6) is 1.54. The van der Waals surface area contributed by atoms with Gasteiger partial charge in [-0.3, -0.25) is 4.79 Å². The van der Waals surface area contributed by atoms with Gasteiger partial charge in [0, 0.05) is 31.8 Å². The Bertz CT molecular complexity index is 977. The Morgan fingerprint density at radius 3 is 2.57 bits per heavy atom. The number of carbonyl (C=O) groups excluding carboxylic acids is 1. The van der Waals surface area contributed by atoms with Crippen LogP contribution in [0.1, 0.15) is 18.6 Å². The zero-order valence-electron chi connectivity index (χ0n) is 17.0. The highest BCUT2D eigenvalue weighted by Crippen LogP contribution is 2.29. The minimum Gasteiger partial charge on any atom is -0.493 e.